The monoisotopic (exact) mass is 799 g/mol. The summed E-state index contributed by atoms with van der Waals surface area (Å²) in [4.78, 5) is 12.8. The van der Waals surface area contributed by atoms with Crippen LogP contribution in [0.1, 0.15) is 97.8 Å². The molecule has 0 aromatic rings. The molecule has 240 valence electrons. The summed E-state index contributed by atoms with van der Waals surface area (Å²) in [5.74, 6) is 5.09. The van der Waals surface area contributed by atoms with Crippen molar-refractivity contribution in [1.82, 2.24) is 5.32 Å². The van der Waals surface area contributed by atoms with Gasteiger partial charge in [0, 0.05) is 19.4 Å². The van der Waals surface area contributed by atoms with E-state index in [4.69, 9.17) is 0 Å². The molecule has 3 unspecified atom stereocenters. The summed E-state index contributed by atoms with van der Waals surface area (Å²) in [6.07, 6.45) is 14.4. The molecule has 5 fully saturated rings. The molecular formula is C34H63I2N3O2. The number of likely N-dealkylation sites (N-methyl/N-ethyl adjacent to an activating group) is 2. The van der Waals surface area contributed by atoms with E-state index in [1.807, 2.05) is 0 Å². The topological polar surface area (TPSA) is 49.3 Å². The lowest BCUT2D eigenvalue weighted by molar-refractivity contribution is -1.01. The van der Waals surface area contributed by atoms with Crippen molar-refractivity contribution in [2.24, 2.45) is 46.3 Å². The first-order valence-corrected chi connectivity index (χ1v) is 17.0. The third-order valence-electron chi connectivity index (χ3n) is 13.9. The second-order valence-corrected chi connectivity index (χ2v) is 16.7. The highest BCUT2D eigenvalue weighted by Crippen LogP contribution is 2.68. The van der Waals surface area contributed by atoms with Crippen LogP contribution < -0.4 is 53.3 Å². The predicted octanol–water partition coefficient (Wildman–Crippen LogP) is -0.527. The van der Waals surface area contributed by atoms with Crippen molar-refractivity contribution >= 4 is 5.91 Å². The summed E-state index contributed by atoms with van der Waals surface area (Å²) in [6.45, 7) is 14.7. The highest BCUT2D eigenvalue weighted by atomic mass is 127. The zero-order valence-electron chi connectivity index (χ0n) is 27.3. The van der Waals surface area contributed by atoms with E-state index in [9.17, 15) is 9.90 Å². The lowest BCUT2D eigenvalue weighted by Gasteiger charge is -2.61. The first kappa shape index (κ1) is 36.3. The van der Waals surface area contributed by atoms with E-state index in [0.717, 1.165) is 66.3 Å². The minimum atomic E-state index is -0.0474. The minimum Gasteiger partial charge on any atom is -1.00 e. The van der Waals surface area contributed by atoms with Gasteiger partial charge in [-0.1, -0.05) is 20.8 Å². The van der Waals surface area contributed by atoms with Gasteiger partial charge in [-0.15, -0.1) is 0 Å². The van der Waals surface area contributed by atoms with Crippen molar-refractivity contribution in [2.75, 3.05) is 60.4 Å². The molecule has 1 aliphatic heterocycles. The third kappa shape index (κ3) is 7.62. The molecule has 1 amide bonds. The molecule has 4 saturated carbocycles. The van der Waals surface area contributed by atoms with Gasteiger partial charge in [0.2, 0.25) is 5.91 Å². The fourth-order valence-electron chi connectivity index (χ4n) is 11.0. The van der Waals surface area contributed by atoms with Crippen LogP contribution in [0.2, 0.25) is 0 Å². The zero-order chi connectivity index (χ0) is 28.1. The number of piperazine rings is 1. The quantitative estimate of drug-likeness (QED) is 0.198. The lowest BCUT2D eigenvalue weighted by atomic mass is 9.44. The fourth-order valence-corrected chi connectivity index (χ4v) is 11.0. The van der Waals surface area contributed by atoms with Gasteiger partial charge < -0.3 is 67.3 Å². The number of aliphatic hydroxyl groups is 1. The summed E-state index contributed by atoms with van der Waals surface area (Å²) >= 11 is 0. The number of nitrogens with zero attached hydrogens (tertiary/aromatic N) is 2. The number of amides is 1. The van der Waals surface area contributed by atoms with Crippen LogP contribution in [0.4, 0.5) is 0 Å². The van der Waals surface area contributed by atoms with Gasteiger partial charge in [0.1, 0.15) is 26.2 Å². The normalized spacial score (nSPS) is 41.4. The Bertz CT molecular complexity index is 876. The largest absolute Gasteiger partial charge is 1.00 e. The smallest absolute Gasteiger partial charge is 0.220 e. The second kappa shape index (κ2) is 14.1. The standard InChI is InChI=1S/C34H62N3O2.2HI/c1-25(8-13-32(39)35-18-7-19-37(6)22-20-36(4,5)21-23-37)29-11-12-30-28-10-9-26-24-27(38)14-16-33(26,2)31(28)15-17-34(29,30)3;;/h25-31,38H,7-24H2,1-6H3;2*1H/q+1;;/p-1/t25-,26-,27-,28?,29-,30?,31?,33+,34-;;/m1../s1. The summed E-state index contributed by atoms with van der Waals surface area (Å²) in [6, 6.07) is 0. The van der Waals surface area contributed by atoms with Gasteiger partial charge in [-0.25, -0.2) is 0 Å². The molecule has 0 spiro atoms. The minimum absolute atomic E-state index is 0. The van der Waals surface area contributed by atoms with Gasteiger partial charge in [-0.05, 0) is 111 Å². The van der Waals surface area contributed by atoms with E-state index in [1.54, 1.807) is 0 Å². The summed E-state index contributed by atoms with van der Waals surface area (Å²) in [7, 11) is 7.09. The first-order valence-electron chi connectivity index (χ1n) is 17.0. The van der Waals surface area contributed by atoms with Crippen molar-refractivity contribution in [3.63, 3.8) is 0 Å². The van der Waals surface area contributed by atoms with E-state index >= 15 is 0 Å². The van der Waals surface area contributed by atoms with Crippen molar-refractivity contribution in [3.05, 3.63) is 0 Å². The Hall–Kier alpha value is 0.810. The summed E-state index contributed by atoms with van der Waals surface area (Å²) in [5, 5.41) is 13.6. The number of quaternary nitrogens is 2. The molecule has 1 saturated heterocycles. The van der Waals surface area contributed by atoms with Gasteiger partial charge in [0.05, 0.1) is 33.8 Å². The number of hydrogen-bond donors (Lipinski definition) is 2. The number of hydrogen-bond acceptors (Lipinski definition) is 2. The maximum absolute atomic E-state index is 12.8. The number of aliphatic hydroxyl groups excluding tert-OH is 1. The van der Waals surface area contributed by atoms with Gasteiger partial charge in [-0.3, -0.25) is 4.79 Å². The first-order chi connectivity index (χ1) is 18.4. The summed E-state index contributed by atoms with van der Waals surface area (Å²) in [5.41, 5.74) is 0.934. The number of rotatable bonds is 8. The lowest BCUT2D eigenvalue weighted by Crippen LogP contribution is -3.00. The van der Waals surface area contributed by atoms with E-state index < -0.39 is 0 Å². The van der Waals surface area contributed by atoms with E-state index in [0.29, 0.717) is 23.2 Å². The van der Waals surface area contributed by atoms with Crippen LogP contribution in [0.3, 0.4) is 0 Å². The van der Waals surface area contributed by atoms with Crippen LogP contribution in [0.25, 0.3) is 0 Å². The average molecular weight is 800 g/mol. The summed E-state index contributed by atoms with van der Waals surface area (Å²) < 4.78 is 2.31. The van der Waals surface area contributed by atoms with Gasteiger partial charge in [0.25, 0.3) is 0 Å². The average Bonchev–Trinajstić information content (AvgIpc) is 3.25. The van der Waals surface area contributed by atoms with E-state index in [2.05, 4.69) is 47.2 Å². The molecular weight excluding hydrogens is 736 g/mol. The molecule has 4 aliphatic carbocycles. The Morgan fingerprint density at radius 1 is 0.902 bits per heavy atom. The number of carbonyl (C=O) groups is 1. The Labute approximate surface area is 286 Å². The van der Waals surface area contributed by atoms with Crippen LogP contribution in [0.5, 0.6) is 0 Å². The Morgan fingerprint density at radius 3 is 2.27 bits per heavy atom. The molecule has 7 heteroatoms. The molecule has 5 aliphatic rings. The predicted molar refractivity (Wildman–Crippen MR) is 160 cm³/mol. The number of fused-ring (bicyclic) bond motifs is 5. The maximum atomic E-state index is 12.8. The molecule has 41 heavy (non-hydrogen) atoms. The molecule has 0 aromatic heterocycles. The molecule has 0 radical (unpaired) electrons. The van der Waals surface area contributed by atoms with Gasteiger partial charge in [0.15, 0.2) is 0 Å². The molecule has 5 rings (SSSR count). The van der Waals surface area contributed by atoms with Crippen molar-refractivity contribution in [3.8, 4) is 0 Å². The molecule has 1 heterocycles. The molecule has 2 N–H and O–H groups in total. The Balaban J connectivity index is 0.00000231. The SMILES string of the molecule is C[C@H](CCC(=O)NCCC[N+]1(C)CC[N+](C)(C)CC1)[C@H]1CCC2C3CC[C@@H]4C[C@H](O)CC[C@]4(C)C3CC[C@@]21C.[I-].[I-]. The Kier molecular flexibility index (Phi) is 12.4. The molecule has 0 bridgehead atoms. The molecule has 9 atom stereocenters. The van der Waals surface area contributed by atoms with Crippen LogP contribution in [0.15, 0.2) is 0 Å². The van der Waals surface area contributed by atoms with E-state index in [1.165, 1.54) is 82.2 Å². The number of halogens is 2. The maximum Gasteiger partial charge on any atom is 0.220 e. The highest BCUT2D eigenvalue weighted by molar-refractivity contribution is 5.75. The van der Waals surface area contributed by atoms with Crippen molar-refractivity contribution in [1.29, 1.82) is 0 Å². The Morgan fingerprint density at radius 2 is 1.56 bits per heavy atom. The van der Waals surface area contributed by atoms with Crippen molar-refractivity contribution < 1.29 is 66.8 Å². The third-order valence-corrected chi connectivity index (χ3v) is 13.9. The van der Waals surface area contributed by atoms with Gasteiger partial charge >= 0.3 is 0 Å². The zero-order valence-corrected chi connectivity index (χ0v) is 31.6. The second-order valence-electron chi connectivity index (χ2n) is 16.7. The molecule has 0 aromatic carbocycles. The highest BCUT2D eigenvalue weighted by Gasteiger charge is 2.60. The number of nitrogens with one attached hydrogen (secondary N) is 1. The van der Waals surface area contributed by atoms with Crippen LogP contribution in [0, 0.1) is 46.3 Å². The van der Waals surface area contributed by atoms with Crippen LogP contribution in [-0.2, 0) is 4.79 Å². The van der Waals surface area contributed by atoms with Crippen LogP contribution in [-0.4, -0.2) is 86.5 Å². The molecule has 5 nitrogen and oxygen atoms in total. The van der Waals surface area contributed by atoms with Crippen LogP contribution >= 0.6 is 0 Å². The fraction of sp³-hybridized carbons (Fsp3) is 0.971. The van der Waals surface area contributed by atoms with Gasteiger partial charge in [-0.2, -0.15) is 0 Å². The van der Waals surface area contributed by atoms with Crippen molar-refractivity contribution in [2.45, 2.75) is 104 Å². The van der Waals surface area contributed by atoms with E-state index in [-0.39, 0.29) is 60.0 Å². The number of carbonyl (C=O) groups excluding carboxylic acids is 1.